The highest BCUT2D eigenvalue weighted by molar-refractivity contribution is 5.62. The average Bonchev–Trinajstić information content (AvgIpc) is 2.70. The number of aromatic nitrogens is 2. The van der Waals surface area contributed by atoms with Crippen LogP contribution in [0.1, 0.15) is 5.56 Å². The van der Waals surface area contributed by atoms with E-state index in [1.165, 1.54) is 11.1 Å². The van der Waals surface area contributed by atoms with Crippen molar-refractivity contribution >= 4 is 0 Å². The molecule has 1 aromatic carbocycles. The van der Waals surface area contributed by atoms with Crippen LogP contribution in [-0.2, 0) is 6.54 Å². The SMILES string of the molecule is CN(C)Cc1ccccc1-c1ccn[nH]1. The van der Waals surface area contributed by atoms with Crippen LogP contribution in [0.3, 0.4) is 0 Å². The van der Waals surface area contributed by atoms with Gasteiger partial charge in [0.25, 0.3) is 0 Å². The molecule has 78 valence electrons. The third-order valence-corrected chi connectivity index (χ3v) is 2.29. The predicted molar refractivity (Wildman–Crippen MR) is 61.4 cm³/mol. The third kappa shape index (κ3) is 2.25. The molecule has 2 rings (SSSR count). The van der Waals surface area contributed by atoms with Gasteiger partial charge in [0.2, 0.25) is 0 Å². The molecule has 0 aliphatic carbocycles. The van der Waals surface area contributed by atoms with Crippen LogP contribution < -0.4 is 0 Å². The van der Waals surface area contributed by atoms with Gasteiger partial charge in [0.15, 0.2) is 0 Å². The molecule has 0 fully saturated rings. The predicted octanol–water partition coefficient (Wildman–Crippen LogP) is 2.14. The molecule has 3 nitrogen and oxygen atoms in total. The van der Waals surface area contributed by atoms with Crippen molar-refractivity contribution in [3.05, 3.63) is 42.1 Å². The Bertz CT molecular complexity index is 418. The highest BCUT2D eigenvalue weighted by Gasteiger charge is 2.05. The summed E-state index contributed by atoms with van der Waals surface area (Å²) >= 11 is 0. The van der Waals surface area contributed by atoms with Crippen molar-refractivity contribution in [1.82, 2.24) is 15.1 Å². The lowest BCUT2D eigenvalue weighted by Gasteiger charge is -2.12. The topological polar surface area (TPSA) is 31.9 Å². The van der Waals surface area contributed by atoms with Crippen LogP contribution in [0.4, 0.5) is 0 Å². The van der Waals surface area contributed by atoms with E-state index in [-0.39, 0.29) is 0 Å². The summed E-state index contributed by atoms with van der Waals surface area (Å²) in [4.78, 5) is 2.16. The summed E-state index contributed by atoms with van der Waals surface area (Å²) in [5.41, 5.74) is 3.61. The number of nitrogens with one attached hydrogen (secondary N) is 1. The van der Waals surface area contributed by atoms with Gasteiger partial charge in [-0.1, -0.05) is 24.3 Å². The van der Waals surface area contributed by atoms with Crippen molar-refractivity contribution in [3.63, 3.8) is 0 Å². The molecule has 0 spiro atoms. The van der Waals surface area contributed by atoms with Crippen LogP contribution in [-0.4, -0.2) is 29.2 Å². The fourth-order valence-corrected chi connectivity index (χ4v) is 1.67. The number of hydrogen-bond acceptors (Lipinski definition) is 2. The smallest absolute Gasteiger partial charge is 0.0653 e. The van der Waals surface area contributed by atoms with E-state index in [0.717, 1.165) is 12.2 Å². The first-order valence-corrected chi connectivity index (χ1v) is 5.00. The van der Waals surface area contributed by atoms with Crippen LogP contribution in [0.2, 0.25) is 0 Å². The van der Waals surface area contributed by atoms with E-state index >= 15 is 0 Å². The first-order chi connectivity index (χ1) is 7.27. The molecule has 0 unspecified atom stereocenters. The molecule has 15 heavy (non-hydrogen) atoms. The van der Waals surface area contributed by atoms with Gasteiger partial charge >= 0.3 is 0 Å². The number of aromatic amines is 1. The van der Waals surface area contributed by atoms with E-state index in [0.29, 0.717) is 0 Å². The van der Waals surface area contributed by atoms with Crippen LogP contribution >= 0.6 is 0 Å². The molecule has 0 amide bonds. The summed E-state index contributed by atoms with van der Waals surface area (Å²) in [5.74, 6) is 0. The summed E-state index contributed by atoms with van der Waals surface area (Å²) in [6, 6.07) is 10.4. The van der Waals surface area contributed by atoms with Gasteiger partial charge in [0.05, 0.1) is 5.69 Å². The summed E-state index contributed by atoms with van der Waals surface area (Å²) in [6.07, 6.45) is 1.78. The zero-order valence-electron chi connectivity index (χ0n) is 9.07. The van der Waals surface area contributed by atoms with Gasteiger partial charge in [-0.05, 0) is 25.7 Å². The number of rotatable bonds is 3. The minimum Gasteiger partial charge on any atom is -0.305 e. The standard InChI is InChI=1S/C12H15N3/c1-15(2)9-10-5-3-4-6-11(10)12-7-8-13-14-12/h3-8H,9H2,1-2H3,(H,13,14). The van der Waals surface area contributed by atoms with Gasteiger partial charge in [0.1, 0.15) is 0 Å². The quantitative estimate of drug-likeness (QED) is 0.825. The maximum Gasteiger partial charge on any atom is 0.0653 e. The summed E-state index contributed by atoms with van der Waals surface area (Å²) in [5, 5.41) is 6.98. The lowest BCUT2D eigenvalue weighted by atomic mass is 10.0. The largest absolute Gasteiger partial charge is 0.305 e. The van der Waals surface area contributed by atoms with E-state index in [4.69, 9.17) is 0 Å². The van der Waals surface area contributed by atoms with Crippen molar-refractivity contribution in [1.29, 1.82) is 0 Å². The fraction of sp³-hybridized carbons (Fsp3) is 0.250. The van der Waals surface area contributed by atoms with Gasteiger partial charge in [-0.25, -0.2) is 0 Å². The molecule has 1 N–H and O–H groups in total. The van der Waals surface area contributed by atoms with E-state index in [1.807, 2.05) is 6.07 Å². The molecule has 1 aromatic heterocycles. The Morgan fingerprint density at radius 2 is 2.00 bits per heavy atom. The number of benzene rings is 1. The molecule has 0 radical (unpaired) electrons. The first kappa shape index (κ1) is 9.93. The number of hydrogen-bond donors (Lipinski definition) is 1. The molecular formula is C12H15N3. The lowest BCUT2D eigenvalue weighted by molar-refractivity contribution is 0.403. The Kier molecular flexibility index (Phi) is 2.83. The number of nitrogens with zero attached hydrogens (tertiary/aromatic N) is 2. The van der Waals surface area contributed by atoms with Gasteiger partial charge in [-0.2, -0.15) is 5.10 Å². The van der Waals surface area contributed by atoms with Crippen molar-refractivity contribution in [2.45, 2.75) is 6.54 Å². The van der Waals surface area contributed by atoms with Gasteiger partial charge in [-0.15, -0.1) is 0 Å². The van der Waals surface area contributed by atoms with Crippen molar-refractivity contribution in [2.75, 3.05) is 14.1 Å². The van der Waals surface area contributed by atoms with Crippen LogP contribution in [0.5, 0.6) is 0 Å². The molecule has 2 aromatic rings. The second-order valence-electron chi connectivity index (χ2n) is 3.87. The van der Waals surface area contributed by atoms with Crippen LogP contribution in [0, 0.1) is 0 Å². The molecule has 3 heteroatoms. The Morgan fingerprint density at radius 3 is 2.67 bits per heavy atom. The van der Waals surface area contributed by atoms with Gasteiger partial charge in [0, 0.05) is 18.3 Å². The maximum absolute atomic E-state index is 3.98. The maximum atomic E-state index is 3.98. The average molecular weight is 201 g/mol. The molecule has 0 saturated heterocycles. The summed E-state index contributed by atoms with van der Waals surface area (Å²) in [6.45, 7) is 0.940. The van der Waals surface area contributed by atoms with Gasteiger partial charge < -0.3 is 4.90 Å². The first-order valence-electron chi connectivity index (χ1n) is 5.00. The highest BCUT2D eigenvalue weighted by atomic mass is 15.1. The minimum absolute atomic E-state index is 0.940. The van der Waals surface area contributed by atoms with Crippen molar-refractivity contribution < 1.29 is 0 Å². The molecule has 0 aliphatic rings. The molecule has 0 aliphatic heterocycles. The summed E-state index contributed by atoms with van der Waals surface area (Å²) < 4.78 is 0. The minimum atomic E-state index is 0.940. The van der Waals surface area contributed by atoms with Crippen molar-refractivity contribution in [3.8, 4) is 11.3 Å². The van der Waals surface area contributed by atoms with Crippen LogP contribution in [0.15, 0.2) is 36.5 Å². The van der Waals surface area contributed by atoms with E-state index in [1.54, 1.807) is 6.20 Å². The fourth-order valence-electron chi connectivity index (χ4n) is 1.67. The van der Waals surface area contributed by atoms with Crippen molar-refractivity contribution in [2.24, 2.45) is 0 Å². The lowest BCUT2D eigenvalue weighted by Crippen LogP contribution is -2.11. The Hall–Kier alpha value is -1.61. The molecule has 1 heterocycles. The summed E-state index contributed by atoms with van der Waals surface area (Å²) in [7, 11) is 4.15. The zero-order valence-corrected chi connectivity index (χ0v) is 9.07. The Morgan fingerprint density at radius 1 is 1.20 bits per heavy atom. The molecule has 0 bridgehead atoms. The molecular weight excluding hydrogens is 186 g/mol. The third-order valence-electron chi connectivity index (χ3n) is 2.29. The van der Waals surface area contributed by atoms with E-state index < -0.39 is 0 Å². The van der Waals surface area contributed by atoms with E-state index in [2.05, 4.69) is 53.5 Å². The second kappa shape index (κ2) is 4.28. The highest BCUT2D eigenvalue weighted by Crippen LogP contribution is 2.21. The Balaban J connectivity index is 2.38. The van der Waals surface area contributed by atoms with Gasteiger partial charge in [-0.3, -0.25) is 5.10 Å². The van der Waals surface area contributed by atoms with Crippen LogP contribution in [0.25, 0.3) is 11.3 Å². The normalized spacial score (nSPS) is 10.9. The molecule has 0 saturated carbocycles. The molecule has 0 atom stereocenters. The second-order valence-corrected chi connectivity index (χ2v) is 3.87. The monoisotopic (exact) mass is 201 g/mol. The van der Waals surface area contributed by atoms with E-state index in [9.17, 15) is 0 Å². The zero-order chi connectivity index (χ0) is 10.7. The number of H-pyrrole nitrogens is 1. The Labute approximate surface area is 89.7 Å².